The lowest BCUT2D eigenvalue weighted by Crippen LogP contribution is -2.48. The second-order valence-electron chi connectivity index (χ2n) is 6.17. The lowest BCUT2D eigenvalue weighted by molar-refractivity contribution is -0.0489. The van der Waals surface area contributed by atoms with E-state index in [9.17, 15) is 4.79 Å². The summed E-state index contributed by atoms with van der Waals surface area (Å²) in [5.74, 6) is 0.919. The van der Waals surface area contributed by atoms with Crippen molar-refractivity contribution in [3.05, 3.63) is 47.6 Å². The van der Waals surface area contributed by atoms with Gasteiger partial charge in [-0.1, -0.05) is 30.4 Å². The Balaban J connectivity index is 1.68. The van der Waals surface area contributed by atoms with Crippen LogP contribution in [-0.4, -0.2) is 43.2 Å². The maximum atomic E-state index is 12.6. The predicted molar refractivity (Wildman–Crippen MR) is 88.5 cm³/mol. The van der Waals surface area contributed by atoms with Crippen molar-refractivity contribution in [2.24, 2.45) is 0 Å². The highest BCUT2D eigenvalue weighted by Gasteiger charge is 2.33. The molecule has 3 aliphatic rings. The molecule has 0 spiro atoms. The fourth-order valence-electron chi connectivity index (χ4n) is 3.44. The van der Waals surface area contributed by atoms with Gasteiger partial charge in [-0.05, 0) is 24.5 Å². The van der Waals surface area contributed by atoms with Gasteiger partial charge in [0.15, 0.2) is 12.0 Å². The molecule has 1 aromatic carbocycles. The third-order valence-electron chi connectivity index (χ3n) is 4.69. The number of allylic oxidation sites excluding steroid dienone is 4. The Hall–Kier alpha value is -1.91. The normalized spacial score (nSPS) is 24.8. The number of hydrogen-bond donors (Lipinski definition) is 0. The first-order chi connectivity index (χ1) is 11.3. The van der Waals surface area contributed by atoms with Crippen molar-refractivity contribution < 1.29 is 14.3 Å². The Morgan fingerprint density at radius 1 is 1.09 bits per heavy atom. The molecule has 23 heavy (non-hydrogen) atoms. The van der Waals surface area contributed by atoms with Crippen LogP contribution in [0.15, 0.2) is 36.4 Å². The maximum Gasteiger partial charge on any atom is 0.171 e. The minimum atomic E-state index is -0.173. The number of ether oxygens (including phenoxy) is 2. The average molecular weight is 311 g/mol. The van der Waals surface area contributed by atoms with E-state index in [1.54, 1.807) is 0 Å². The van der Waals surface area contributed by atoms with Crippen LogP contribution in [0.1, 0.15) is 35.2 Å². The molecule has 4 rings (SSSR count). The number of fused-ring (bicyclic) bond motifs is 1. The number of nitrogens with zero attached hydrogens (tertiary/aromatic N) is 1. The molecule has 2 aliphatic heterocycles. The maximum absolute atomic E-state index is 12.6. The molecule has 4 heteroatoms. The Morgan fingerprint density at radius 2 is 1.91 bits per heavy atom. The first-order valence-electron chi connectivity index (χ1n) is 8.34. The lowest BCUT2D eigenvalue weighted by Gasteiger charge is -2.37. The van der Waals surface area contributed by atoms with Crippen molar-refractivity contribution >= 4 is 11.4 Å². The number of morpholine rings is 1. The van der Waals surface area contributed by atoms with E-state index in [-0.39, 0.29) is 12.0 Å². The molecule has 0 amide bonds. The molecule has 1 atom stereocenters. The quantitative estimate of drug-likeness (QED) is 0.841. The fraction of sp³-hybridized carbons (Fsp3) is 0.421. The zero-order chi connectivity index (χ0) is 15.6. The van der Waals surface area contributed by atoms with E-state index >= 15 is 0 Å². The van der Waals surface area contributed by atoms with E-state index in [0.717, 1.165) is 42.8 Å². The monoisotopic (exact) mass is 311 g/mol. The van der Waals surface area contributed by atoms with Crippen molar-refractivity contribution in [3.8, 4) is 5.75 Å². The summed E-state index contributed by atoms with van der Waals surface area (Å²) in [4.78, 5) is 14.8. The van der Waals surface area contributed by atoms with Gasteiger partial charge in [0.05, 0.1) is 25.2 Å². The molecule has 1 fully saturated rings. The molecule has 120 valence electrons. The van der Waals surface area contributed by atoms with E-state index in [4.69, 9.17) is 9.47 Å². The predicted octanol–water partition coefficient (Wildman–Crippen LogP) is 3.04. The number of Topliss-reactive ketones (excluding diaryl/α,β-unsaturated/α-hetero) is 1. The van der Waals surface area contributed by atoms with Crippen molar-refractivity contribution in [2.45, 2.75) is 25.5 Å². The van der Waals surface area contributed by atoms with Gasteiger partial charge in [0.25, 0.3) is 0 Å². The second-order valence-corrected chi connectivity index (χ2v) is 6.17. The van der Waals surface area contributed by atoms with Crippen LogP contribution in [0.3, 0.4) is 0 Å². The molecule has 0 saturated carbocycles. The van der Waals surface area contributed by atoms with Crippen LogP contribution in [0.25, 0.3) is 5.57 Å². The van der Waals surface area contributed by atoms with Crippen molar-refractivity contribution in [1.29, 1.82) is 0 Å². The number of carbonyl (C=O) groups is 1. The van der Waals surface area contributed by atoms with Crippen LogP contribution in [0, 0.1) is 0 Å². The topological polar surface area (TPSA) is 38.8 Å². The zero-order valence-corrected chi connectivity index (χ0v) is 13.2. The summed E-state index contributed by atoms with van der Waals surface area (Å²) in [6.07, 6.45) is 8.90. The number of hydrogen-bond acceptors (Lipinski definition) is 4. The smallest absolute Gasteiger partial charge is 0.171 e. The minimum Gasteiger partial charge on any atom is -0.473 e. The van der Waals surface area contributed by atoms with Gasteiger partial charge in [-0.2, -0.15) is 0 Å². The van der Waals surface area contributed by atoms with Gasteiger partial charge < -0.3 is 9.47 Å². The minimum absolute atomic E-state index is 0.171. The summed E-state index contributed by atoms with van der Waals surface area (Å²) >= 11 is 0. The van der Waals surface area contributed by atoms with Crippen molar-refractivity contribution in [2.75, 3.05) is 26.3 Å². The van der Waals surface area contributed by atoms with Gasteiger partial charge in [0, 0.05) is 18.7 Å². The van der Waals surface area contributed by atoms with Gasteiger partial charge in [-0.25, -0.2) is 0 Å². The standard InChI is InChI=1S/C19H21NO3/c21-17-13-18(20-9-11-22-12-10-20)23-19-15(7-4-8-16(17)19)14-5-2-1-3-6-14/h2,4-8,18H,1,3,9-13H2. The van der Waals surface area contributed by atoms with Crippen LogP contribution in [0.2, 0.25) is 0 Å². The van der Waals surface area contributed by atoms with Crippen LogP contribution < -0.4 is 4.74 Å². The van der Waals surface area contributed by atoms with E-state index in [0.29, 0.717) is 25.2 Å². The highest BCUT2D eigenvalue weighted by atomic mass is 16.5. The molecular weight excluding hydrogens is 290 g/mol. The molecule has 1 aromatic rings. The fourth-order valence-corrected chi connectivity index (χ4v) is 3.44. The van der Waals surface area contributed by atoms with Crippen molar-refractivity contribution in [1.82, 2.24) is 4.90 Å². The number of ketones is 1. The summed E-state index contributed by atoms with van der Waals surface area (Å²) in [6, 6.07) is 5.88. The second kappa shape index (κ2) is 6.30. The largest absolute Gasteiger partial charge is 0.473 e. The molecule has 2 heterocycles. The Bertz CT molecular complexity index is 671. The highest BCUT2D eigenvalue weighted by molar-refractivity contribution is 6.02. The summed E-state index contributed by atoms with van der Waals surface area (Å²) in [7, 11) is 0. The number of carbonyl (C=O) groups excluding carboxylic acids is 1. The Morgan fingerprint density at radius 3 is 2.70 bits per heavy atom. The van der Waals surface area contributed by atoms with Crippen LogP contribution in [-0.2, 0) is 4.74 Å². The van der Waals surface area contributed by atoms with Crippen LogP contribution in [0.4, 0.5) is 0 Å². The molecule has 0 bridgehead atoms. The SMILES string of the molecule is O=C1CC(N2CCOCC2)Oc2c1cccc2C1=CCCC=C1. The highest BCUT2D eigenvalue weighted by Crippen LogP contribution is 2.37. The number of rotatable bonds is 2. The molecule has 1 saturated heterocycles. The van der Waals surface area contributed by atoms with Crippen molar-refractivity contribution in [3.63, 3.8) is 0 Å². The number of benzene rings is 1. The summed E-state index contributed by atoms with van der Waals surface area (Å²) in [5.41, 5.74) is 2.90. The molecule has 1 unspecified atom stereocenters. The first-order valence-corrected chi connectivity index (χ1v) is 8.34. The van der Waals surface area contributed by atoms with Gasteiger partial charge in [0.2, 0.25) is 0 Å². The first kappa shape index (κ1) is 14.7. The van der Waals surface area contributed by atoms with E-state index in [1.165, 1.54) is 0 Å². The summed E-state index contributed by atoms with van der Waals surface area (Å²) < 4.78 is 11.7. The molecular formula is C19H21NO3. The molecule has 1 aliphatic carbocycles. The van der Waals surface area contributed by atoms with Gasteiger partial charge in [-0.3, -0.25) is 9.69 Å². The molecule has 4 nitrogen and oxygen atoms in total. The average Bonchev–Trinajstić information content (AvgIpc) is 2.63. The van der Waals surface area contributed by atoms with E-state index in [1.807, 2.05) is 12.1 Å². The van der Waals surface area contributed by atoms with E-state index < -0.39 is 0 Å². The van der Waals surface area contributed by atoms with Crippen LogP contribution in [0.5, 0.6) is 5.75 Å². The van der Waals surface area contributed by atoms with Crippen LogP contribution >= 0.6 is 0 Å². The van der Waals surface area contributed by atoms with Gasteiger partial charge >= 0.3 is 0 Å². The van der Waals surface area contributed by atoms with E-state index in [2.05, 4.69) is 29.2 Å². The summed E-state index contributed by atoms with van der Waals surface area (Å²) in [5, 5.41) is 0. The zero-order valence-electron chi connectivity index (χ0n) is 13.2. The number of para-hydroxylation sites is 1. The van der Waals surface area contributed by atoms with Gasteiger partial charge in [0.1, 0.15) is 5.75 Å². The lowest BCUT2D eigenvalue weighted by atomic mass is 9.93. The third-order valence-corrected chi connectivity index (χ3v) is 4.69. The Labute approximate surface area is 136 Å². The molecule has 0 aromatic heterocycles. The summed E-state index contributed by atoms with van der Waals surface area (Å²) in [6.45, 7) is 3.04. The molecule has 0 radical (unpaired) electrons. The molecule has 0 N–H and O–H groups in total. The Kier molecular flexibility index (Phi) is 4.02. The van der Waals surface area contributed by atoms with Gasteiger partial charge in [-0.15, -0.1) is 0 Å². The third kappa shape index (κ3) is 2.84.